The van der Waals surface area contributed by atoms with Crippen LogP contribution in [0.2, 0.25) is 0 Å². The Labute approximate surface area is 197 Å². The smallest absolute Gasteiger partial charge is 0.277 e. The predicted octanol–water partition coefficient (Wildman–Crippen LogP) is 0.740. The van der Waals surface area contributed by atoms with E-state index >= 15 is 0 Å². The lowest BCUT2D eigenvalue weighted by Crippen LogP contribution is -2.48. The van der Waals surface area contributed by atoms with Crippen molar-refractivity contribution in [1.82, 2.24) is 28.8 Å². The third-order valence-electron chi connectivity index (χ3n) is 6.04. The van der Waals surface area contributed by atoms with E-state index in [-0.39, 0.29) is 28.6 Å². The fraction of sp³-hybridized carbons (Fsp3) is 0.500. The van der Waals surface area contributed by atoms with E-state index in [1.807, 2.05) is 6.92 Å². The summed E-state index contributed by atoms with van der Waals surface area (Å²) in [7, 11) is -3.81. The average Bonchev–Trinajstić information content (AvgIpc) is 3.14. The van der Waals surface area contributed by atoms with E-state index in [4.69, 9.17) is 5.11 Å². The van der Waals surface area contributed by atoms with Crippen molar-refractivity contribution < 1.29 is 18.6 Å². The second-order valence-electron chi connectivity index (χ2n) is 8.43. The first-order valence-corrected chi connectivity index (χ1v) is 12.9. The molecule has 0 radical (unpaired) electrons. The summed E-state index contributed by atoms with van der Waals surface area (Å²) >= 11 is 0. The number of benzene rings is 1. The first-order chi connectivity index (χ1) is 16.3. The molecule has 3 heterocycles. The van der Waals surface area contributed by atoms with Gasteiger partial charge < -0.3 is 20.1 Å². The van der Waals surface area contributed by atoms with E-state index in [1.54, 1.807) is 6.92 Å². The van der Waals surface area contributed by atoms with Crippen LogP contribution in [0.5, 0.6) is 5.75 Å². The third kappa shape index (κ3) is 4.58. The number of sulfonamides is 1. The molecule has 0 spiro atoms. The molecule has 2 aromatic heterocycles. The lowest BCUT2D eigenvalue weighted by atomic mass is 10.2. The number of aliphatic hydroxyl groups excluding tert-OH is 1. The zero-order chi connectivity index (χ0) is 24.5. The number of H-pyrrole nitrogens is 1. The minimum Gasteiger partial charge on any atom is -0.507 e. The molecular formula is C22H30N6O5S. The third-order valence-corrected chi connectivity index (χ3v) is 7.94. The normalized spacial score (nSPS) is 15.9. The van der Waals surface area contributed by atoms with Gasteiger partial charge in [0.1, 0.15) is 11.6 Å². The van der Waals surface area contributed by atoms with Gasteiger partial charge in [0.25, 0.3) is 5.56 Å². The highest BCUT2D eigenvalue weighted by Crippen LogP contribution is 2.30. The number of piperazine rings is 1. The SMILES string of the molecule is CCCc1nc(C)c2c(=O)[nH]c(-c3cc(S(=O)(=O)N4CCN(CCCO)CC4)ccc3O)nn12. The first-order valence-electron chi connectivity index (χ1n) is 11.4. The topological polar surface area (TPSA) is 144 Å². The minimum atomic E-state index is -3.81. The fourth-order valence-electron chi connectivity index (χ4n) is 4.24. The van der Waals surface area contributed by atoms with E-state index in [0.29, 0.717) is 56.1 Å². The lowest BCUT2D eigenvalue weighted by molar-refractivity contribution is 0.171. The quantitative estimate of drug-likeness (QED) is 0.419. The van der Waals surface area contributed by atoms with Gasteiger partial charge in [-0.05, 0) is 38.0 Å². The Morgan fingerprint density at radius 2 is 1.91 bits per heavy atom. The van der Waals surface area contributed by atoms with Gasteiger partial charge in [-0.25, -0.2) is 17.9 Å². The van der Waals surface area contributed by atoms with Crippen molar-refractivity contribution in [3.8, 4) is 17.1 Å². The van der Waals surface area contributed by atoms with Gasteiger partial charge in [-0.3, -0.25) is 4.79 Å². The van der Waals surface area contributed by atoms with Crippen molar-refractivity contribution in [2.75, 3.05) is 39.3 Å². The van der Waals surface area contributed by atoms with E-state index in [1.165, 1.54) is 27.0 Å². The number of phenols is 1. The molecule has 11 nitrogen and oxygen atoms in total. The monoisotopic (exact) mass is 490 g/mol. The zero-order valence-corrected chi connectivity index (χ0v) is 20.2. The van der Waals surface area contributed by atoms with Gasteiger partial charge in [-0.15, -0.1) is 5.10 Å². The first kappa shape index (κ1) is 24.3. The Morgan fingerprint density at radius 1 is 1.18 bits per heavy atom. The molecule has 0 aliphatic carbocycles. The summed E-state index contributed by atoms with van der Waals surface area (Å²) in [6, 6.07) is 4.00. The van der Waals surface area contributed by atoms with Crippen molar-refractivity contribution in [2.24, 2.45) is 0 Å². The highest BCUT2D eigenvalue weighted by molar-refractivity contribution is 7.89. The maximum Gasteiger partial charge on any atom is 0.277 e. The molecule has 34 heavy (non-hydrogen) atoms. The summed E-state index contributed by atoms with van der Waals surface area (Å²) in [5.74, 6) is 0.504. The van der Waals surface area contributed by atoms with Gasteiger partial charge in [0.05, 0.1) is 16.2 Å². The molecule has 0 unspecified atom stereocenters. The number of aryl methyl sites for hydroxylation is 2. The van der Waals surface area contributed by atoms with Crippen molar-refractivity contribution in [2.45, 2.75) is 38.0 Å². The number of rotatable bonds is 8. The van der Waals surface area contributed by atoms with E-state index in [0.717, 1.165) is 13.0 Å². The molecule has 0 amide bonds. The van der Waals surface area contributed by atoms with Crippen molar-refractivity contribution in [1.29, 1.82) is 0 Å². The molecule has 0 saturated carbocycles. The summed E-state index contributed by atoms with van der Waals surface area (Å²) in [4.78, 5) is 22.0. The molecule has 1 aromatic carbocycles. The van der Waals surface area contributed by atoms with Crippen LogP contribution in [0.1, 0.15) is 31.3 Å². The number of aromatic amines is 1. The Hall–Kier alpha value is -2.80. The Balaban J connectivity index is 1.68. The maximum absolute atomic E-state index is 13.3. The second kappa shape index (κ2) is 9.82. The minimum absolute atomic E-state index is 0.0162. The predicted molar refractivity (Wildman–Crippen MR) is 126 cm³/mol. The largest absolute Gasteiger partial charge is 0.507 e. The summed E-state index contributed by atoms with van der Waals surface area (Å²) < 4.78 is 29.5. The molecule has 0 atom stereocenters. The second-order valence-corrected chi connectivity index (χ2v) is 10.4. The number of aromatic hydroxyl groups is 1. The number of hydrogen-bond acceptors (Lipinski definition) is 8. The van der Waals surface area contributed by atoms with Crippen LogP contribution in [0.25, 0.3) is 16.9 Å². The van der Waals surface area contributed by atoms with Crippen LogP contribution in [0.4, 0.5) is 0 Å². The molecular weight excluding hydrogens is 460 g/mol. The number of aromatic nitrogens is 4. The highest BCUT2D eigenvalue weighted by atomic mass is 32.2. The van der Waals surface area contributed by atoms with Gasteiger partial charge in [0.15, 0.2) is 11.3 Å². The van der Waals surface area contributed by atoms with Crippen molar-refractivity contribution in [3.05, 3.63) is 40.1 Å². The van der Waals surface area contributed by atoms with Crippen LogP contribution in [0.3, 0.4) is 0 Å². The molecule has 184 valence electrons. The van der Waals surface area contributed by atoms with Gasteiger partial charge in [0, 0.05) is 45.8 Å². The zero-order valence-electron chi connectivity index (χ0n) is 19.4. The molecule has 1 saturated heterocycles. The molecule has 3 N–H and O–H groups in total. The summed E-state index contributed by atoms with van der Waals surface area (Å²) in [5.41, 5.74) is 0.594. The number of fused-ring (bicyclic) bond motifs is 1. The van der Waals surface area contributed by atoms with E-state index in [2.05, 4.69) is 20.0 Å². The summed E-state index contributed by atoms with van der Waals surface area (Å²) in [5, 5.41) is 24.0. The van der Waals surface area contributed by atoms with Crippen LogP contribution < -0.4 is 5.56 Å². The molecule has 1 fully saturated rings. The number of imidazole rings is 1. The fourth-order valence-corrected chi connectivity index (χ4v) is 5.69. The summed E-state index contributed by atoms with van der Waals surface area (Å²) in [6.07, 6.45) is 2.09. The molecule has 1 aliphatic heterocycles. The van der Waals surface area contributed by atoms with Gasteiger partial charge in [-0.1, -0.05) is 6.92 Å². The van der Waals surface area contributed by atoms with E-state index < -0.39 is 15.6 Å². The van der Waals surface area contributed by atoms with E-state index in [9.17, 15) is 18.3 Å². The van der Waals surface area contributed by atoms with Crippen LogP contribution >= 0.6 is 0 Å². The average molecular weight is 491 g/mol. The molecule has 0 bridgehead atoms. The van der Waals surface area contributed by atoms with Crippen LogP contribution in [-0.2, 0) is 16.4 Å². The number of nitrogens with zero attached hydrogens (tertiary/aromatic N) is 5. The number of nitrogens with one attached hydrogen (secondary N) is 1. The van der Waals surface area contributed by atoms with Crippen LogP contribution in [0.15, 0.2) is 27.9 Å². The molecule has 12 heteroatoms. The van der Waals surface area contributed by atoms with Crippen LogP contribution in [-0.4, -0.2) is 86.7 Å². The van der Waals surface area contributed by atoms with Gasteiger partial charge in [-0.2, -0.15) is 4.31 Å². The Morgan fingerprint density at radius 3 is 2.59 bits per heavy atom. The highest BCUT2D eigenvalue weighted by Gasteiger charge is 2.29. The van der Waals surface area contributed by atoms with Crippen LogP contribution in [0, 0.1) is 6.92 Å². The number of hydrogen-bond donors (Lipinski definition) is 3. The van der Waals surface area contributed by atoms with Gasteiger partial charge in [0.2, 0.25) is 10.0 Å². The number of phenolic OH excluding ortho intramolecular Hbond substituents is 1. The Bertz CT molecular complexity index is 1340. The maximum atomic E-state index is 13.3. The Kier molecular flexibility index (Phi) is 7.03. The van der Waals surface area contributed by atoms with Crippen molar-refractivity contribution in [3.63, 3.8) is 0 Å². The standard InChI is InChI=1S/C22H30N6O5S/c1-3-5-19-23-15(2)20-22(31)24-21(25-28(19)20)17-14-16(6-7-18(17)30)34(32,33)27-11-9-26(10-12-27)8-4-13-29/h6-7,14,29-30H,3-5,8-13H2,1-2H3,(H,24,25,31). The molecule has 1 aliphatic rings. The molecule has 4 rings (SSSR count). The van der Waals surface area contributed by atoms with Crippen molar-refractivity contribution >= 4 is 15.5 Å². The number of aliphatic hydroxyl groups is 1. The molecule has 3 aromatic rings. The lowest BCUT2D eigenvalue weighted by Gasteiger charge is -2.33. The van der Waals surface area contributed by atoms with Gasteiger partial charge >= 0.3 is 0 Å². The summed E-state index contributed by atoms with van der Waals surface area (Å²) in [6.45, 7) is 6.39.